The maximum Gasteiger partial charge on any atom is 0.185 e. The van der Waals surface area contributed by atoms with E-state index >= 15 is 0 Å². The Labute approximate surface area is 103 Å². The fourth-order valence-corrected chi connectivity index (χ4v) is 1.48. The number of rotatable bonds is 5. The lowest BCUT2D eigenvalue weighted by molar-refractivity contribution is 0.0455. The van der Waals surface area contributed by atoms with E-state index in [2.05, 4.69) is 5.32 Å². The van der Waals surface area contributed by atoms with Crippen molar-refractivity contribution in [3.05, 3.63) is 29.3 Å². The number of halogens is 4. The van der Waals surface area contributed by atoms with Crippen molar-refractivity contribution in [3.63, 3.8) is 0 Å². The molecule has 102 valence electrons. The lowest BCUT2D eigenvalue weighted by atomic mass is 9.97. The molecule has 0 aliphatic rings. The minimum absolute atomic E-state index is 0.141. The van der Waals surface area contributed by atoms with Crippen molar-refractivity contribution < 1.29 is 22.7 Å². The molecule has 0 amide bonds. The van der Waals surface area contributed by atoms with Gasteiger partial charge in [0.15, 0.2) is 23.3 Å². The summed E-state index contributed by atoms with van der Waals surface area (Å²) in [6.45, 7) is 3.20. The molecule has 6 heteroatoms. The third kappa shape index (κ3) is 2.93. The molecule has 0 saturated carbocycles. The van der Waals surface area contributed by atoms with Crippen molar-refractivity contribution >= 4 is 5.69 Å². The Morgan fingerprint density at radius 2 is 1.50 bits per heavy atom. The van der Waals surface area contributed by atoms with E-state index in [1.54, 1.807) is 13.8 Å². The van der Waals surface area contributed by atoms with Gasteiger partial charge in [-0.15, -0.1) is 0 Å². The summed E-state index contributed by atoms with van der Waals surface area (Å²) in [7, 11) is 0. The third-order valence-corrected chi connectivity index (χ3v) is 3.02. The Bertz CT molecular complexity index is 406. The average Bonchev–Trinajstić information content (AvgIpc) is 2.36. The molecule has 2 nitrogen and oxygen atoms in total. The van der Waals surface area contributed by atoms with E-state index in [1.807, 2.05) is 0 Å². The minimum atomic E-state index is -1.50. The molecule has 2 N–H and O–H groups in total. The summed E-state index contributed by atoms with van der Waals surface area (Å²) in [5, 5.41) is 12.1. The second-order valence-corrected chi connectivity index (χ2v) is 4.13. The molecule has 0 aliphatic heterocycles. The largest absolute Gasteiger partial charge is 0.388 e. The zero-order chi connectivity index (χ0) is 13.9. The van der Waals surface area contributed by atoms with Gasteiger partial charge in [-0.1, -0.05) is 13.8 Å². The maximum atomic E-state index is 13.3. The first-order valence-electron chi connectivity index (χ1n) is 5.64. The van der Waals surface area contributed by atoms with E-state index in [0.717, 1.165) is 0 Å². The van der Waals surface area contributed by atoms with Crippen molar-refractivity contribution in [1.29, 1.82) is 0 Å². The van der Waals surface area contributed by atoms with Gasteiger partial charge in [-0.3, -0.25) is 0 Å². The van der Waals surface area contributed by atoms with Gasteiger partial charge in [0.2, 0.25) is 0 Å². The summed E-state index contributed by atoms with van der Waals surface area (Å²) in [6.07, 6.45) is 0.690. The van der Waals surface area contributed by atoms with Crippen LogP contribution >= 0.6 is 0 Å². The van der Waals surface area contributed by atoms with Crippen LogP contribution in [-0.2, 0) is 0 Å². The number of benzene rings is 1. The number of anilines is 1. The predicted molar refractivity (Wildman–Crippen MR) is 60.3 cm³/mol. The van der Waals surface area contributed by atoms with Crippen LogP contribution < -0.4 is 5.32 Å². The fraction of sp³-hybridized carbons (Fsp3) is 0.500. The van der Waals surface area contributed by atoms with Gasteiger partial charge < -0.3 is 10.4 Å². The first kappa shape index (κ1) is 14.8. The number of aliphatic hydroxyl groups is 1. The molecular weight excluding hydrogens is 250 g/mol. The molecule has 0 aromatic heterocycles. The molecule has 0 bridgehead atoms. The van der Waals surface area contributed by atoms with Crippen LogP contribution in [0.2, 0.25) is 0 Å². The summed E-state index contributed by atoms with van der Waals surface area (Å²) < 4.78 is 52.4. The summed E-state index contributed by atoms with van der Waals surface area (Å²) >= 11 is 0. The van der Waals surface area contributed by atoms with E-state index in [0.29, 0.717) is 12.8 Å². The topological polar surface area (TPSA) is 32.3 Å². The van der Waals surface area contributed by atoms with Crippen LogP contribution in [-0.4, -0.2) is 17.3 Å². The van der Waals surface area contributed by atoms with Crippen LogP contribution in [0.4, 0.5) is 23.2 Å². The van der Waals surface area contributed by atoms with Crippen molar-refractivity contribution in [1.82, 2.24) is 0 Å². The molecule has 0 fully saturated rings. The summed E-state index contributed by atoms with van der Waals surface area (Å²) in [4.78, 5) is 0. The smallest absolute Gasteiger partial charge is 0.185 e. The molecule has 18 heavy (non-hydrogen) atoms. The second kappa shape index (κ2) is 5.56. The van der Waals surface area contributed by atoms with Gasteiger partial charge in [0.05, 0.1) is 5.60 Å². The Hall–Kier alpha value is -1.30. The highest BCUT2D eigenvalue weighted by molar-refractivity contribution is 5.47. The summed E-state index contributed by atoms with van der Waals surface area (Å²) in [5.41, 5.74) is -2.07. The minimum Gasteiger partial charge on any atom is -0.388 e. The Morgan fingerprint density at radius 1 is 1.06 bits per heavy atom. The second-order valence-electron chi connectivity index (χ2n) is 4.13. The molecule has 1 rings (SSSR count). The van der Waals surface area contributed by atoms with Gasteiger partial charge in [-0.25, -0.2) is 17.6 Å². The predicted octanol–water partition coefficient (Wildman–Crippen LogP) is 3.21. The molecule has 0 atom stereocenters. The third-order valence-electron chi connectivity index (χ3n) is 3.02. The lowest BCUT2D eigenvalue weighted by Crippen LogP contribution is -2.35. The van der Waals surface area contributed by atoms with Crippen LogP contribution in [0.15, 0.2) is 6.07 Å². The van der Waals surface area contributed by atoms with E-state index in [9.17, 15) is 22.7 Å². The first-order valence-corrected chi connectivity index (χ1v) is 5.64. The Kier molecular flexibility index (Phi) is 4.56. The number of nitrogens with one attached hydrogen (secondary N) is 1. The standard InChI is InChI=1S/C12H15F4NO/c1-3-12(18,4-2)6-17-11-9(15)7(13)5-8(14)10(11)16/h5,17-18H,3-4,6H2,1-2H3. The van der Waals surface area contributed by atoms with Crippen molar-refractivity contribution in [2.45, 2.75) is 32.3 Å². The molecule has 0 unspecified atom stereocenters. The lowest BCUT2D eigenvalue weighted by Gasteiger charge is -2.26. The van der Waals surface area contributed by atoms with Crippen LogP contribution in [0, 0.1) is 23.3 Å². The molecule has 0 aliphatic carbocycles. The van der Waals surface area contributed by atoms with E-state index < -0.39 is 34.6 Å². The average molecular weight is 265 g/mol. The fourth-order valence-electron chi connectivity index (χ4n) is 1.48. The molecule has 0 radical (unpaired) electrons. The quantitative estimate of drug-likeness (QED) is 0.633. The van der Waals surface area contributed by atoms with Gasteiger partial charge in [0.1, 0.15) is 5.69 Å². The highest BCUT2D eigenvalue weighted by Crippen LogP contribution is 2.25. The van der Waals surface area contributed by atoms with Crippen molar-refractivity contribution in [2.75, 3.05) is 11.9 Å². The Balaban J connectivity index is 2.98. The normalized spacial score (nSPS) is 11.7. The van der Waals surface area contributed by atoms with Crippen molar-refractivity contribution in [2.24, 2.45) is 0 Å². The van der Waals surface area contributed by atoms with Gasteiger partial charge in [-0.2, -0.15) is 0 Å². The van der Waals surface area contributed by atoms with Gasteiger partial charge in [-0.05, 0) is 12.8 Å². The summed E-state index contributed by atoms with van der Waals surface area (Å²) in [5.74, 6) is -5.95. The van der Waals surface area contributed by atoms with Crippen LogP contribution in [0.5, 0.6) is 0 Å². The molecular formula is C12H15F4NO. The molecule has 1 aromatic carbocycles. The number of hydrogen-bond acceptors (Lipinski definition) is 2. The number of hydrogen-bond donors (Lipinski definition) is 2. The van der Waals surface area contributed by atoms with Gasteiger partial charge in [0, 0.05) is 12.6 Å². The SMILES string of the molecule is CCC(O)(CC)CNc1c(F)c(F)cc(F)c1F. The summed E-state index contributed by atoms with van der Waals surface area (Å²) in [6, 6.07) is 0.141. The molecule has 0 saturated heterocycles. The van der Waals surface area contributed by atoms with E-state index in [1.165, 1.54) is 0 Å². The van der Waals surface area contributed by atoms with Gasteiger partial charge in [0.25, 0.3) is 0 Å². The molecule has 0 heterocycles. The zero-order valence-corrected chi connectivity index (χ0v) is 10.2. The van der Waals surface area contributed by atoms with Crippen LogP contribution in [0.3, 0.4) is 0 Å². The molecule has 0 spiro atoms. The highest BCUT2D eigenvalue weighted by Gasteiger charge is 2.25. The van der Waals surface area contributed by atoms with E-state index in [-0.39, 0.29) is 12.6 Å². The van der Waals surface area contributed by atoms with Gasteiger partial charge >= 0.3 is 0 Å². The Morgan fingerprint density at radius 3 is 1.89 bits per heavy atom. The monoisotopic (exact) mass is 265 g/mol. The molecule has 1 aromatic rings. The van der Waals surface area contributed by atoms with Crippen LogP contribution in [0.1, 0.15) is 26.7 Å². The van der Waals surface area contributed by atoms with Crippen LogP contribution in [0.25, 0.3) is 0 Å². The maximum absolute atomic E-state index is 13.3. The van der Waals surface area contributed by atoms with Crippen molar-refractivity contribution in [3.8, 4) is 0 Å². The highest BCUT2D eigenvalue weighted by atomic mass is 19.2. The van der Waals surface area contributed by atoms with E-state index in [4.69, 9.17) is 0 Å². The zero-order valence-electron chi connectivity index (χ0n) is 10.2. The first-order chi connectivity index (χ1) is 8.34.